The fourth-order valence-electron chi connectivity index (χ4n) is 3.27. The lowest BCUT2D eigenvalue weighted by molar-refractivity contribution is 0.0951. The summed E-state index contributed by atoms with van der Waals surface area (Å²) < 4.78 is 1.97. The van der Waals surface area contributed by atoms with Crippen LogP contribution in [0.2, 0.25) is 0 Å². The summed E-state index contributed by atoms with van der Waals surface area (Å²) in [6.45, 7) is 7.66. The molecular formula is C19H26N4O. The van der Waals surface area contributed by atoms with E-state index in [1.54, 1.807) is 0 Å². The molecule has 1 fully saturated rings. The van der Waals surface area contributed by atoms with E-state index in [4.69, 9.17) is 0 Å². The number of benzene rings is 1. The monoisotopic (exact) mass is 326 g/mol. The minimum Gasteiger partial charge on any atom is -0.352 e. The zero-order chi connectivity index (χ0) is 16.9. The Morgan fingerprint density at radius 3 is 2.96 bits per heavy atom. The molecule has 0 aliphatic carbocycles. The predicted octanol–water partition coefficient (Wildman–Crippen LogP) is 2.28. The van der Waals surface area contributed by atoms with Crippen LogP contribution >= 0.6 is 0 Å². The molecule has 2 aromatic rings. The third kappa shape index (κ3) is 4.23. The summed E-state index contributed by atoms with van der Waals surface area (Å²) in [6.07, 6.45) is 2.26. The molecule has 0 radical (unpaired) electrons. The normalized spacial score (nSPS) is 17.2. The average Bonchev–Trinajstić information content (AvgIpc) is 3.18. The van der Waals surface area contributed by atoms with E-state index in [0.717, 1.165) is 48.6 Å². The molecule has 1 unspecified atom stereocenters. The number of rotatable bonds is 6. The number of carbonyl (C=O) groups excluding carboxylic acids is 1. The van der Waals surface area contributed by atoms with Crippen LogP contribution in [-0.4, -0.2) is 35.3 Å². The predicted molar refractivity (Wildman–Crippen MR) is 95.2 cm³/mol. The first-order valence-corrected chi connectivity index (χ1v) is 8.71. The van der Waals surface area contributed by atoms with Gasteiger partial charge >= 0.3 is 0 Å². The molecule has 3 rings (SSSR count). The van der Waals surface area contributed by atoms with E-state index in [1.807, 2.05) is 35.9 Å². The van der Waals surface area contributed by atoms with Gasteiger partial charge in [0.15, 0.2) is 0 Å². The molecule has 1 aromatic heterocycles. The van der Waals surface area contributed by atoms with Gasteiger partial charge in [0.05, 0.1) is 12.2 Å². The Labute approximate surface area is 143 Å². The van der Waals surface area contributed by atoms with Crippen molar-refractivity contribution in [3.63, 3.8) is 0 Å². The molecule has 2 heterocycles. The maximum absolute atomic E-state index is 12.3. The smallest absolute Gasteiger partial charge is 0.251 e. The largest absolute Gasteiger partial charge is 0.352 e. The van der Waals surface area contributed by atoms with Crippen LogP contribution in [0.1, 0.15) is 40.2 Å². The number of hydrogen-bond donors (Lipinski definition) is 2. The number of aromatic nitrogens is 2. The highest BCUT2D eigenvalue weighted by atomic mass is 16.1. The zero-order valence-corrected chi connectivity index (χ0v) is 14.5. The minimum atomic E-state index is 0.0103. The SMILES string of the molecule is Cc1cc(C)n(Cc2cccc(C(=O)NCCC3CCNC3)c2)n1. The topological polar surface area (TPSA) is 59.0 Å². The standard InChI is InChI=1S/C19H26N4O/c1-14-10-15(2)23(22-14)13-17-4-3-5-18(11-17)19(24)21-9-7-16-6-8-20-12-16/h3-5,10-11,16,20H,6-9,12-13H2,1-2H3,(H,21,24). The van der Waals surface area contributed by atoms with Gasteiger partial charge in [-0.2, -0.15) is 5.10 Å². The third-order valence-electron chi connectivity index (χ3n) is 4.63. The summed E-state index contributed by atoms with van der Waals surface area (Å²) in [5.41, 5.74) is 3.96. The minimum absolute atomic E-state index is 0.0103. The van der Waals surface area contributed by atoms with E-state index < -0.39 is 0 Å². The van der Waals surface area contributed by atoms with Gasteiger partial charge in [-0.05, 0) is 69.5 Å². The molecular weight excluding hydrogens is 300 g/mol. The average molecular weight is 326 g/mol. The molecule has 0 bridgehead atoms. The fraction of sp³-hybridized carbons (Fsp3) is 0.474. The Balaban J connectivity index is 1.57. The van der Waals surface area contributed by atoms with Crippen LogP contribution in [0.25, 0.3) is 0 Å². The molecule has 1 aromatic carbocycles. The zero-order valence-electron chi connectivity index (χ0n) is 14.5. The lowest BCUT2D eigenvalue weighted by atomic mass is 10.1. The Morgan fingerprint density at radius 2 is 2.25 bits per heavy atom. The second kappa shape index (κ2) is 7.62. The summed E-state index contributed by atoms with van der Waals surface area (Å²) >= 11 is 0. The van der Waals surface area contributed by atoms with E-state index >= 15 is 0 Å². The van der Waals surface area contributed by atoms with Gasteiger partial charge in [0.1, 0.15) is 0 Å². The van der Waals surface area contributed by atoms with E-state index in [2.05, 4.69) is 28.7 Å². The van der Waals surface area contributed by atoms with Crippen molar-refractivity contribution < 1.29 is 4.79 Å². The summed E-state index contributed by atoms with van der Waals surface area (Å²) in [5, 5.41) is 10.9. The Kier molecular flexibility index (Phi) is 5.30. The number of hydrogen-bond acceptors (Lipinski definition) is 3. The highest BCUT2D eigenvalue weighted by Gasteiger charge is 2.14. The highest BCUT2D eigenvalue weighted by Crippen LogP contribution is 2.12. The van der Waals surface area contributed by atoms with E-state index in [-0.39, 0.29) is 5.91 Å². The van der Waals surface area contributed by atoms with Crippen LogP contribution < -0.4 is 10.6 Å². The van der Waals surface area contributed by atoms with Crippen LogP contribution in [0, 0.1) is 19.8 Å². The van der Waals surface area contributed by atoms with Crippen molar-refractivity contribution >= 4 is 5.91 Å². The van der Waals surface area contributed by atoms with Gasteiger partial charge in [-0.25, -0.2) is 0 Å². The number of nitrogens with one attached hydrogen (secondary N) is 2. The van der Waals surface area contributed by atoms with Crippen LogP contribution in [0.3, 0.4) is 0 Å². The van der Waals surface area contributed by atoms with Crippen molar-refractivity contribution in [1.29, 1.82) is 0 Å². The van der Waals surface area contributed by atoms with Gasteiger partial charge in [-0.3, -0.25) is 9.48 Å². The lowest BCUT2D eigenvalue weighted by Crippen LogP contribution is -2.26. The molecule has 1 aliphatic rings. The van der Waals surface area contributed by atoms with Crippen molar-refractivity contribution in [3.8, 4) is 0 Å². The summed E-state index contributed by atoms with van der Waals surface area (Å²) in [6, 6.07) is 9.88. The molecule has 5 nitrogen and oxygen atoms in total. The van der Waals surface area contributed by atoms with Gasteiger partial charge in [0.25, 0.3) is 5.91 Å². The maximum atomic E-state index is 12.3. The van der Waals surface area contributed by atoms with Crippen LogP contribution in [0.15, 0.2) is 30.3 Å². The summed E-state index contributed by atoms with van der Waals surface area (Å²) in [7, 11) is 0. The van der Waals surface area contributed by atoms with Crippen LogP contribution in [0.4, 0.5) is 0 Å². The molecule has 0 spiro atoms. The molecule has 0 saturated carbocycles. The molecule has 5 heteroatoms. The Bertz CT molecular complexity index is 701. The van der Waals surface area contributed by atoms with Crippen molar-refractivity contribution in [2.24, 2.45) is 5.92 Å². The van der Waals surface area contributed by atoms with Gasteiger partial charge < -0.3 is 10.6 Å². The third-order valence-corrected chi connectivity index (χ3v) is 4.63. The number of aryl methyl sites for hydroxylation is 2. The number of nitrogens with zero attached hydrogens (tertiary/aromatic N) is 2. The van der Waals surface area contributed by atoms with Gasteiger partial charge in [-0.15, -0.1) is 0 Å². The van der Waals surface area contributed by atoms with Crippen molar-refractivity contribution in [2.45, 2.75) is 33.2 Å². The fourth-order valence-corrected chi connectivity index (χ4v) is 3.27. The van der Waals surface area contributed by atoms with Crippen molar-refractivity contribution in [3.05, 3.63) is 52.8 Å². The van der Waals surface area contributed by atoms with E-state index in [1.165, 1.54) is 6.42 Å². The van der Waals surface area contributed by atoms with Gasteiger partial charge in [0.2, 0.25) is 0 Å². The van der Waals surface area contributed by atoms with Crippen molar-refractivity contribution in [1.82, 2.24) is 20.4 Å². The first-order valence-electron chi connectivity index (χ1n) is 8.71. The van der Waals surface area contributed by atoms with Crippen molar-refractivity contribution in [2.75, 3.05) is 19.6 Å². The first-order chi connectivity index (χ1) is 11.6. The number of amides is 1. The summed E-state index contributed by atoms with van der Waals surface area (Å²) in [4.78, 5) is 12.3. The molecule has 1 atom stereocenters. The van der Waals surface area contributed by atoms with Crippen LogP contribution in [0.5, 0.6) is 0 Å². The Hall–Kier alpha value is -2.14. The van der Waals surface area contributed by atoms with E-state index in [9.17, 15) is 4.79 Å². The van der Waals surface area contributed by atoms with Crippen LogP contribution in [-0.2, 0) is 6.54 Å². The number of carbonyl (C=O) groups is 1. The maximum Gasteiger partial charge on any atom is 0.251 e. The highest BCUT2D eigenvalue weighted by molar-refractivity contribution is 5.94. The second-order valence-corrected chi connectivity index (χ2v) is 6.69. The molecule has 1 amide bonds. The molecule has 1 aliphatic heterocycles. The Morgan fingerprint density at radius 1 is 1.38 bits per heavy atom. The van der Waals surface area contributed by atoms with E-state index in [0.29, 0.717) is 12.5 Å². The second-order valence-electron chi connectivity index (χ2n) is 6.69. The van der Waals surface area contributed by atoms with Gasteiger partial charge in [-0.1, -0.05) is 12.1 Å². The molecule has 128 valence electrons. The quantitative estimate of drug-likeness (QED) is 0.856. The lowest BCUT2D eigenvalue weighted by Gasteiger charge is -2.10. The molecule has 1 saturated heterocycles. The first kappa shape index (κ1) is 16.7. The molecule has 2 N–H and O–H groups in total. The van der Waals surface area contributed by atoms with Gasteiger partial charge in [0, 0.05) is 17.8 Å². The summed E-state index contributed by atoms with van der Waals surface area (Å²) in [5.74, 6) is 0.707. The molecule has 24 heavy (non-hydrogen) atoms.